The van der Waals surface area contributed by atoms with Gasteiger partial charge in [0.05, 0.1) is 5.69 Å². The molecule has 0 amide bonds. The summed E-state index contributed by atoms with van der Waals surface area (Å²) in [4.78, 5) is 8.86. The minimum Gasteiger partial charge on any atom is -0.325 e. The SMILES string of the molecule is Cc1cc(CN)nc(C2CC2C)n1. The predicted octanol–water partition coefficient (Wildman–Crippen LogP) is 1.37. The molecule has 13 heavy (non-hydrogen) atoms. The van der Waals surface area contributed by atoms with Crippen LogP contribution in [0.5, 0.6) is 0 Å². The van der Waals surface area contributed by atoms with Gasteiger partial charge in [-0.25, -0.2) is 9.97 Å². The van der Waals surface area contributed by atoms with E-state index in [1.54, 1.807) is 0 Å². The van der Waals surface area contributed by atoms with Crippen molar-refractivity contribution in [2.45, 2.75) is 32.7 Å². The molecule has 2 atom stereocenters. The van der Waals surface area contributed by atoms with Crippen LogP contribution in [0.3, 0.4) is 0 Å². The lowest BCUT2D eigenvalue weighted by Gasteiger charge is -2.02. The average molecular weight is 177 g/mol. The summed E-state index contributed by atoms with van der Waals surface area (Å²) in [6, 6.07) is 1.95. The summed E-state index contributed by atoms with van der Waals surface area (Å²) >= 11 is 0. The molecule has 2 N–H and O–H groups in total. The van der Waals surface area contributed by atoms with Gasteiger partial charge in [-0.15, -0.1) is 0 Å². The molecule has 0 radical (unpaired) electrons. The number of rotatable bonds is 2. The topological polar surface area (TPSA) is 51.8 Å². The van der Waals surface area contributed by atoms with Crippen molar-refractivity contribution in [3.8, 4) is 0 Å². The Labute approximate surface area is 78.4 Å². The molecule has 1 aromatic heterocycles. The third kappa shape index (κ3) is 1.70. The molecule has 0 aliphatic heterocycles. The smallest absolute Gasteiger partial charge is 0.132 e. The van der Waals surface area contributed by atoms with E-state index in [1.807, 2.05) is 13.0 Å². The Morgan fingerprint density at radius 2 is 2.23 bits per heavy atom. The Kier molecular flexibility index (Phi) is 2.04. The lowest BCUT2D eigenvalue weighted by Crippen LogP contribution is -2.05. The molecule has 2 rings (SSSR count). The molecule has 1 aromatic rings. The first-order valence-electron chi connectivity index (χ1n) is 4.75. The number of hydrogen-bond donors (Lipinski definition) is 1. The van der Waals surface area contributed by atoms with Gasteiger partial charge in [0.25, 0.3) is 0 Å². The lowest BCUT2D eigenvalue weighted by molar-refractivity contribution is 0.806. The first-order chi connectivity index (χ1) is 6.20. The summed E-state index contributed by atoms with van der Waals surface area (Å²) in [7, 11) is 0. The van der Waals surface area contributed by atoms with Crippen LogP contribution in [-0.4, -0.2) is 9.97 Å². The largest absolute Gasteiger partial charge is 0.325 e. The average Bonchev–Trinajstić information content (AvgIpc) is 2.81. The summed E-state index contributed by atoms with van der Waals surface area (Å²) in [5.74, 6) is 2.34. The molecule has 3 nitrogen and oxygen atoms in total. The second-order valence-corrected chi connectivity index (χ2v) is 3.88. The highest BCUT2D eigenvalue weighted by Gasteiger charge is 2.36. The minimum absolute atomic E-state index is 0.511. The van der Waals surface area contributed by atoms with Crippen LogP contribution >= 0.6 is 0 Å². The maximum Gasteiger partial charge on any atom is 0.132 e. The second-order valence-electron chi connectivity index (χ2n) is 3.88. The summed E-state index contributed by atoms with van der Waals surface area (Å²) in [5.41, 5.74) is 7.54. The van der Waals surface area contributed by atoms with Crippen molar-refractivity contribution in [3.05, 3.63) is 23.3 Å². The fourth-order valence-corrected chi connectivity index (χ4v) is 1.61. The van der Waals surface area contributed by atoms with Crippen LogP contribution in [0.25, 0.3) is 0 Å². The van der Waals surface area contributed by atoms with Crippen molar-refractivity contribution in [2.24, 2.45) is 11.7 Å². The summed E-state index contributed by atoms with van der Waals surface area (Å²) < 4.78 is 0. The maximum atomic E-state index is 5.55. The van der Waals surface area contributed by atoms with E-state index in [4.69, 9.17) is 5.73 Å². The molecule has 1 saturated carbocycles. The van der Waals surface area contributed by atoms with E-state index < -0.39 is 0 Å². The Morgan fingerprint density at radius 3 is 2.77 bits per heavy atom. The Morgan fingerprint density at radius 1 is 1.54 bits per heavy atom. The van der Waals surface area contributed by atoms with Crippen molar-refractivity contribution in [1.29, 1.82) is 0 Å². The fraction of sp³-hybridized carbons (Fsp3) is 0.600. The molecule has 70 valence electrons. The van der Waals surface area contributed by atoms with Gasteiger partial charge >= 0.3 is 0 Å². The first-order valence-corrected chi connectivity index (χ1v) is 4.75. The van der Waals surface area contributed by atoms with Crippen molar-refractivity contribution in [2.75, 3.05) is 0 Å². The molecule has 0 spiro atoms. The summed E-state index contributed by atoms with van der Waals surface area (Å²) in [6.07, 6.45) is 1.23. The first kappa shape index (κ1) is 8.63. The zero-order valence-electron chi connectivity index (χ0n) is 8.12. The normalized spacial score (nSPS) is 26.1. The van der Waals surface area contributed by atoms with Gasteiger partial charge in [0.2, 0.25) is 0 Å². The third-order valence-corrected chi connectivity index (χ3v) is 2.57. The van der Waals surface area contributed by atoms with Crippen molar-refractivity contribution in [1.82, 2.24) is 9.97 Å². The Hall–Kier alpha value is -0.960. The molecule has 0 saturated heterocycles. The van der Waals surface area contributed by atoms with Gasteiger partial charge < -0.3 is 5.73 Å². The number of hydrogen-bond acceptors (Lipinski definition) is 3. The van der Waals surface area contributed by atoms with E-state index in [0.717, 1.165) is 23.1 Å². The van der Waals surface area contributed by atoms with Crippen LogP contribution in [0.1, 0.15) is 36.5 Å². The maximum absolute atomic E-state index is 5.55. The highest BCUT2D eigenvalue weighted by Crippen LogP contribution is 2.45. The summed E-state index contributed by atoms with van der Waals surface area (Å²) in [5, 5.41) is 0. The molecule has 1 heterocycles. The second kappa shape index (κ2) is 3.07. The molecule has 0 bridgehead atoms. The van der Waals surface area contributed by atoms with E-state index in [2.05, 4.69) is 16.9 Å². The zero-order valence-corrected chi connectivity index (χ0v) is 8.12. The predicted molar refractivity (Wildman–Crippen MR) is 51.2 cm³/mol. The number of aromatic nitrogens is 2. The van der Waals surface area contributed by atoms with Gasteiger partial charge in [0.15, 0.2) is 0 Å². The molecule has 2 unspecified atom stereocenters. The molecular weight excluding hydrogens is 162 g/mol. The monoisotopic (exact) mass is 177 g/mol. The van der Waals surface area contributed by atoms with Crippen LogP contribution in [0.2, 0.25) is 0 Å². The standard InChI is InChI=1S/C10H15N3/c1-6-3-9(6)10-12-7(2)4-8(5-11)13-10/h4,6,9H,3,5,11H2,1-2H3. The molecule has 0 aromatic carbocycles. The van der Waals surface area contributed by atoms with Gasteiger partial charge in [0.1, 0.15) is 5.82 Å². The molecule has 1 aliphatic rings. The van der Waals surface area contributed by atoms with E-state index in [-0.39, 0.29) is 0 Å². The number of aryl methyl sites for hydroxylation is 1. The molecular formula is C10H15N3. The third-order valence-electron chi connectivity index (χ3n) is 2.57. The van der Waals surface area contributed by atoms with Crippen LogP contribution < -0.4 is 5.73 Å². The molecule has 3 heteroatoms. The minimum atomic E-state index is 0.511. The van der Waals surface area contributed by atoms with E-state index in [0.29, 0.717) is 12.5 Å². The highest BCUT2D eigenvalue weighted by molar-refractivity contribution is 5.16. The van der Waals surface area contributed by atoms with Crippen LogP contribution in [0, 0.1) is 12.8 Å². The van der Waals surface area contributed by atoms with Gasteiger partial charge in [-0.1, -0.05) is 6.92 Å². The van der Waals surface area contributed by atoms with Gasteiger partial charge in [-0.2, -0.15) is 0 Å². The number of nitrogens with zero attached hydrogens (tertiary/aromatic N) is 2. The van der Waals surface area contributed by atoms with E-state index in [9.17, 15) is 0 Å². The Balaban J connectivity index is 2.30. The Bertz CT molecular complexity index is 322. The van der Waals surface area contributed by atoms with E-state index in [1.165, 1.54) is 6.42 Å². The molecule has 1 aliphatic carbocycles. The van der Waals surface area contributed by atoms with Crippen LogP contribution in [-0.2, 0) is 6.54 Å². The van der Waals surface area contributed by atoms with Crippen molar-refractivity contribution in [3.63, 3.8) is 0 Å². The van der Waals surface area contributed by atoms with Crippen LogP contribution in [0.4, 0.5) is 0 Å². The molecule has 1 fully saturated rings. The van der Waals surface area contributed by atoms with Crippen molar-refractivity contribution >= 4 is 0 Å². The lowest BCUT2D eigenvalue weighted by atomic mass is 10.2. The van der Waals surface area contributed by atoms with Crippen molar-refractivity contribution < 1.29 is 0 Å². The van der Waals surface area contributed by atoms with Crippen LogP contribution in [0.15, 0.2) is 6.07 Å². The quantitative estimate of drug-likeness (QED) is 0.742. The van der Waals surface area contributed by atoms with Gasteiger partial charge in [-0.05, 0) is 25.3 Å². The summed E-state index contributed by atoms with van der Waals surface area (Å²) in [6.45, 7) is 4.74. The fourth-order valence-electron chi connectivity index (χ4n) is 1.61. The van der Waals surface area contributed by atoms with Gasteiger partial charge in [0, 0.05) is 18.2 Å². The highest BCUT2D eigenvalue weighted by atomic mass is 14.9. The van der Waals surface area contributed by atoms with Gasteiger partial charge in [-0.3, -0.25) is 0 Å². The van der Waals surface area contributed by atoms with E-state index >= 15 is 0 Å². The zero-order chi connectivity index (χ0) is 9.42. The number of nitrogens with two attached hydrogens (primary N) is 1.